The fourth-order valence-corrected chi connectivity index (χ4v) is 2.94. The van der Waals surface area contributed by atoms with Crippen LogP contribution in [0.2, 0.25) is 0 Å². The summed E-state index contributed by atoms with van der Waals surface area (Å²) in [5, 5.41) is 5.21. The van der Waals surface area contributed by atoms with E-state index in [0.29, 0.717) is 11.3 Å². The van der Waals surface area contributed by atoms with Gasteiger partial charge in [0.1, 0.15) is 5.75 Å². The summed E-state index contributed by atoms with van der Waals surface area (Å²) >= 11 is 0. The number of hydrogen-bond acceptors (Lipinski definition) is 4. The molecule has 0 unspecified atom stereocenters. The first-order chi connectivity index (χ1) is 13.1. The highest BCUT2D eigenvalue weighted by molar-refractivity contribution is 5.89. The van der Waals surface area contributed by atoms with Crippen LogP contribution in [0.5, 0.6) is 5.75 Å². The van der Waals surface area contributed by atoms with Gasteiger partial charge in [0.2, 0.25) is 0 Å². The van der Waals surface area contributed by atoms with E-state index in [-0.39, 0.29) is 18.6 Å². The van der Waals surface area contributed by atoms with Crippen LogP contribution in [0.3, 0.4) is 0 Å². The van der Waals surface area contributed by atoms with Crippen molar-refractivity contribution in [3.63, 3.8) is 0 Å². The second-order valence-corrected chi connectivity index (χ2v) is 6.16. The van der Waals surface area contributed by atoms with Gasteiger partial charge in [0.15, 0.2) is 6.61 Å². The summed E-state index contributed by atoms with van der Waals surface area (Å²) in [4.78, 5) is 23.7. The normalized spacial score (nSPS) is 11.6. The van der Waals surface area contributed by atoms with E-state index in [1.807, 2.05) is 37.3 Å². The second-order valence-electron chi connectivity index (χ2n) is 6.16. The summed E-state index contributed by atoms with van der Waals surface area (Å²) < 4.78 is 10.1. The highest BCUT2D eigenvalue weighted by Gasteiger charge is 2.13. The molecule has 27 heavy (non-hydrogen) atoms. The highest BCUT2D eigenvalue weighted by Crippen LogP contribution is 2.24. The Labute approximate surface area is 157 Å². The smallest absolute Gasteiger partial charge is 0.337 e. The molecule has 1 N–H and O–H groups in total. The van der Waals surface area contributed by atoms with Crippen LogP contribution < -0.4 is 10.1 Å². The quantitative estimate of drug-likeness (QED) is 0.675. The van der Waals surface area contributed by atoms with Crippen LogP contribution in [0.1, 0.15) is 28.9 Å². The summed E-state index contributed by atoms with van der Waals surface area (Å²) in [5.41, 5.74) is 1.49. The maximum Gasteiger partial charge on any atom is 0.337 e. The Morgan fingerprint density at radius 3 is 2.41 bits per heavy atom. The van der Waals surface area contributed by atoms with Crippen LogP contribution >= 0.6 is 0 Å². The molecule has 0 aliphatic rings. The maximum atomic E-state index is 12.2. The number of carbonyl (C=O) groups excluding carboxylic acids is 2. The number of amides is 1. The molecule has 3 rings (SSSR count). The zero-order chi connectivity index (χ0) is 19.2. The number of carbonyl (C=O) groups is 2. The van der Waals surface area contributed by atoms with Gasteiger partial charge in [-0.15, -0.1) is 0 Å². The van der Waals surface area contributed by atoms with Gasteiger partial charge in [-0.1, -0.05) is 42.5 Å². The van der Waals surface area contributed by atoms with Gasteiger partial charge < -0.3 is 14.8 Å². The lowest BCUT2D eigenvalue weighted by molar-refractivity contribution is -0.123. The van der Waals surface area contributed by atoms with Crippen LogP contribution in [0.25, 0.3) is 10.8 Å². The molecule has 5 heteroatoms. The van der Waals surface area contributed by atoms with E-state index in [2.05, 4.69) is 22.2 Å². The Hall–Kier alpha value is -3.34. The lowest BCUT2D eigenvalue weighted by Gasteiger charge is -2.17. The molecule has 0 saturated carbocycles. The van der Waals surface area contributed by atoms with Gasteiger partial charge in [0.05, 0.1) is 18.7 Å². The molecule has 0 saturated heterocycles. The van der Waals surface area contributed by atoms with Gasteiger partial charge in [0, 0.05) is 0 Å². The van der Waals surface area contributed by atoms with Crippen LogP contribution in [0, 0.1) is 0 Å². The summed E-state index contributed by atoms with van der Waals surface area (Å²) in [7, 11) is 1.33. The number of ether oxygens (including phenoxy) is 2. The van der Waals surface area contributed by atoms with Gasteiger partial charge in [-0.25, -0.2) is 4.79 Å². The Morgan fingerprint density at radius 2 is 1.67 bits per heavy atom. The predicted octanol–water partition coefficient (Wildman–Crippen LogP) is 3.88. The van der Waals surface area contributed by atoms with E-state index in [9.17, 15) is 9.59 Å². The topological polar surface area (TPSA) is 64.6 Å². The van der Waals surface area contributed by atoms with Crippen molar-refractivity contribution in [3.05, 3.63) is 77.9 Å². The molecule has 0 aliphatic carbocycles. The Balaban J connectivity index is 1.59. The Morgan fingerprint density at radius 1 is 0.963 bits per heavy atom. The Kier molecular flexibility index (Phi) is 5.71. The molecule has 3 aromatic carbocycles. The van der Waals surface area contributed by atoms with Crippen molar-refractivity contribution in [3.8, 4) is 5.75 Å². The standard InChI is InChI=1S/C22H21NO4/c1-15(19-9-5-7-16-6-3-4-8-20(16)19)23-21(24)14-27-18-12-10-17(11-13-18)22(25)26-2/h3-13,15H,14H2,1-2H3,(H,23,24)/t15-/m1/s1. The number of nitrogens with one attached hydrogen (secondary N) is 1. The molecule has 1 amide bonds. The number of rotatable bonds is 6. The number of methoxy groups -OCH3 is 1. The number of fused-ring (bicyclic) bond motifs is 1. The zero-order valence-electron chi connectivity index (χ0n) is 15.3. The Bertz CT molecular complexity index is 945. The predicted molar refractivity (Wildman–Crippen MR) is 104 cm³/mol. The fourth-order valence-electron chi connectivity index (χ4n) is 2.94. The minimum absolute atomic E-state index is 0.104. The van der Waals surface area contributed by atoms with Crippen LogP contribution in [-0.2, 0) is 9.53 Å². The lowest BCUT2D eigenvalue weighted by atomic mass is 10.00. The van der Waals surface area contributed by atoms with Crippen molar-refractivity contribution in [2.24, 2.45) is 0 Å². The first kappa shape index (κ1) is 18.5. The molecule has 0 aliphatic heterocycles. The molecular weight excluding hydrogens is 342 g/mol. The van der Waals surface area contributed by atoms with Crippen LogP contribution in [0.15, 0.2) is 66.7 Å². The third kappa shape index (κ3) is 4.44. The SMILES string of the molecule is COC(=O)c1ccc(OCC(=O)N[C@H](C)c2cccc3ccccc23)cc1. The van der Waals surface area contributed by atoms with E-state index in [1.54, 1.807) is 24.3 Å². The van der Waals surface area contributed by atoms with Crippen molar-refractivity contribution in [2.75, 3.05) is 13.7 Å². The molecule has 0 heterocycles. The van der Waals surface area contributed by atoms with Crippen LogP contribution in [0.4, 0.5) is 0 Å². The van der Waals surface area contributed by atoms with E-state index in [4.69, 9.17) is 4.74 Å². The minimum atomic E-state index is -0.414. The molecule has 0 spiro atoms. The van der Waals surface area contributed by atoms with Gasteiger partial charge in [-0.2, -0.15) is 0 Å². The van der Waals surface area contributed by atoms with E-state index in [0.717, 1.165) is 16.3 Å². The summed E-state index contributed by atoms with van der Waals surface area (Å²) in [6.45, 7) is 1.84. The summed E-state index contributed by atoms with van der Waals surface area (Å²) in [6.07, 6.45) is 0. The van der Waals surface area contributed by atoms with Gasteiger partial charge in [-0.05, 0) is 47.5 Å². The average molecular weight is 363 g/mol. The molecule has 0 fully saturated rings. The summed E-state index contributed by atoms with van der Waals surface area (Å²) in [6, 6.07) is 20.4. The number of esters is 1. The minimum Gasteiger partial charge on any atom is -0.484 e. The molecular formula is C22H21NO4. The molecule has 0 aromatic heterocycles. The maximum absolute atomic E-state index is 12.2. The number of hydrogen-bond donors (Lipinski definition) is 1. The highest BCUT2D eigenvalue weighted by atomic mass is 16.5. The summed E-state index contributed by atoms with van der Waals surface area (Å²) in [5.74, 6) is -0.119. The van der Waals surface area contributed by atoms with Crippen molar-refractivity contribution >= 4 is 22.6 Å². The second kappa shape index (κ2) is 8.36. The van der Waals surface area contributed by atoms with Gasteiger partial charge in [-0.3, -0.25) is 4.79 Å². The van der Waals surface area contributed by atoms with E-state index < -0.39 is 5.97 Å². The first-order valence-corrected chi connectivity index (χ1v) is 8.66. The zero-order valence-corrected chi connectivity index (χ0v) is 15.3. The lowest BCUT2D eigenvalue weighted by Crippen LogP contribution is -2.31. The third-order valence-corrected chi connectivity index (χ3v) is 4.31. The fraction of sp³-hybridized carbons (Fsp3) is 0.182. The van der Waals surface area contributed by atoms with Crippen molar-refractivity contribution in [1.29, 1.82) is 0 Å². The monoisotopic (exact) mass is 363 g/mol. The number of benzene rings is 3. The largest absolute Gasteiger partial charge is 0.484 e. The molecule has 5 nitrogen and oxygen atoms in total. The van der Waals surface area contributed by atoms with E-state index >= 15 is 0 Å². The first-order valence-electron chi connectivity index (χ1n) is 8.66. The molecule has 0 radical (unpaired) electrons. The average Bonchev–Trinajstić information content (AvgIpc) is 2.71. The van der Waals surface area contributed by atoms with Crippen LogP contribution in [-0.4, -0.2) is 25.6 Å². The molecule has 0 bridgehead atoms. The molecule has 3 aromatic rings. The van der Waals surface area contributed by atoms with E-state index in [1.165, 1.54) is 7.11 Å². The van der Waals surface area contributed by atoms with Crippen molar-refractivity contribution < 1.29 is 19.1 Å². The van der Waals surface area contributed by atoms with Crippen molar-refractivity contribution in [2.45, 2.75) is 13.0 Å². The third-order valence-electron chi connectivity index (χ3n) is 4.31. The molecule has 1 atom stereocenters. The van der Waals surface area contributed by atoms with Crippen molar-refractivity contribution in [1.82, 2.24) is 5.32 Å². The van der Waals surface area contributed by atoms with Gasteiger partial charge in [0.25, 0.3) is 5.91 Å². The molecule has 138 valence electrons. The van der Waals surface area contributed by atoms with Gasteiger partial charge >= 0.3 is 5.97 Å².